The number of carbonyl (C=O) groups is 1. The van der Waals surface area contributed by atoms with E-state index in [4.69, 9.17) is 15.2 Å². The molecule has 2 aliphatic heterocycles. The maximum absolute atomic E-state index is 12.1. The molecule has 2 heterocycles. The molecule has 27 heavy (non-hydrogen) atoms. The maximum Gasteiger partial charge on any atom is 0.410 e. The highest BCUT2D eigenvalue weighted by molar-refractivity contribution is 14.0. The number of ether oxygens (including phenoxy) is 2. The van der Waals surface area contributed by atoms with Gasteiger partial charge in [0.15, 0.2) is 5.96 Å². The molecule has 0 bridgehead atoms. The molecule has 0 unspecified atom stereocenters. The number of amides is 1. The number of hydrogen-bond donors (Lipinski definition) is 1. The maximum atomic E-state index is 12.1. The molecule has 0 spiro atoms. The molecule has 0 aromatic rings. The Kier molecular flexibility index (Phi) is 9.07. The Morgan fingerprint density at radius 3 is 2.15 bits per heavy atom. The van der Waals surface area contributed by atoms with Gasteiger partial charge in [0, 0.05) is 44.9 Å². The first-order chi connectivity index (χ1) is 12.1. The van der Waals surface area contributed by atoms with Gasteiger partial charge in [0.05, 0.1) is 6.54 Å². The molecule has 2 aliphatic rings. The normalized spacial score (nSPS) is 21.0. The number of aliphatic imine (C=N–C) groups is 1. The monoisotopic (exact) mass is 497 g/mol. The number of rotatable bonds is 3. The van der Waals surface area contributed by atoms with Crippen molar-refractivity contribution in [2.75, 3.05) is 60.0 Å². The van der Waals surface area contributed by atoms with Crippen LogP contribution in [0.15, 0.2) is 4.99 Å². The minimum absolute atomic E-state index is 0. The highest BCUT2D eigenvalue weighted by Crippen LogP contribution is 2.26. The third kappa shape index (κ3) is 6.94. The van der Waals surface area contributed by atoms with Crippen molar-refractivity contribution in [1.29, 1.82) is 0 Å². The number of guanidine groups is 1. The molecule has 0 atom stereocenters. The fourth-order valence-electron chi connectivity index (χ4n) is 3.27. The van der Waals surface area contributed by atoms with Crippen LogP contribution in [0.4, 0.5) is 4.79 Å². The number of piperazine rings is 1. The highest BCUT2D eigenvalue weighted by atomic mass is 127. The molecule has 0 saturated carbocycles. The first-order valence-corrected chi connectivity index (χ1v) is 9.41. The van der Waals surface area contributed by atoms with Crippen LogP contribution in [0.5, 0.6) is 0 Å². The second kappa shape index (κ2) is 10.1. The van der Waals surface area contributed by atoms with Crippen molar-refractivity contribution in [3.63, 3.8) is 0 Å². The van der Waals surface area contributed by atoms with Crippen LogP contribution in [0.2, 0.25) is 0 Å². The zero-order valence-electron chi connectivity index (χ0n) is 17.4. The van der Waals surface area contributed by atoms with Crippen LogP contribution >= 0.6 is 24.0 Å². The van der Waals surface area contributed by atoms with Crippen molar-refractivity contribution < 1.29 is 14.3 Å². The average Bonchev–Trinajstić information content (AvgIpc) is 2.59. The van der Waals surface area contributed by atoms with E-state index >= 15 is 0 Å². The average molecular weight is 497 g/mol. The molecule has 2 rings (SSSR count). The van der Waals surface area contributed by atoms with Crippen LogP contribution < -0.4 is 5.73 Å². The van der Waals surface area contributed by atoms with Gasteiger partial charge in [-0.25, -0.2) is 4.79 Å². The second-order valence-electron chi connectivity index (χ2n) is 8.36. The molecular weight excluding hydrogens is 461 g/mol. The lowest BCUT2D eigenvalue weighted by atomic mass is 9.89. The molecule has 2 N–H and O–H groups in total. The van der Waals surface area contributed by atoms with Crippen LogP contribution in [0.3, 0.4) is 0 Å². The minimum atomic E-state index is -0.473. The van der Waals surface area contributed by atoms with E-state index in [1.54, 1.807) is 4.90 Å². The molecule has 8 nitrogen and oxygen atoms in total. The topological polar surface area (TPSA) is 83.6 Å². The number of nitrogens with zero attached hydrogens (tertiary/aromatic N) is 4. The van der Waals surface area contributed by atoms with Crippen LogP contribution in [-0.4, -0.2) is 97.9 Å². The van der Waals surface area contributed by atoms with E-state index in [2.05, 4.69) is 24.0 Å². The Morgan fingerprint density at radius 2 is 1.67 bits per heavy atom. The molecule has 9 heteroatoms. The summed E-state index contributed by atoms with van der Waals surface area (Å²) in [6.07, 6.45) is 1.66. The summed E-state index contributed by atoms with van der Waals surface area (Å²) in [4.78, 5) is 22.8. The molecule has 0 aliphatic carbocycles. The standard InChI is InChI=1S/C18H35N5O3.HI/c1-17(2,3)26-16(24)23-10-8-22(9-11-23)15(19)20-14-18(21(4)5)6-12-25-13-7-18;/h6-14H2,1-5H3,(H2,19,20);1H. The van der Waals surface area contributed by atoms with Crippen molar-refractivity contribution >= 4 is 36.0 Å². The van der Waals surface area contributed by atoms with Crippen molar-refractivity contribution in [3.8, 4) is 0 Å². The summed E-state index contributed by atoms with van der Waals surface area (Å²) >= 11 is 0. The summed E-state index contributed by atoms with van der Waals surface area (Å²) in [5.41, 5.74) is 5.78. The van der Waals surface area contributed by atoms with E-state index in [0.717, 1.165) is 26.1 Å². The summed E-state index contributed by atoms with van der Waals surface area (Å²) < 4.78 is 10.9. The summed E-state index contributed by atoms with van der Waals surface area (Å²) in [6, 6.07) is 0. The van der Waals surface area contributed by atoms with Gasteiger partial charge in [-0.2, -0.15) is 0 Å². The zero-order chi connectivity index (χ0) is 19.4. The van der Waals surface area contributed by atoms with E-state index < -0.39 is 5.60 Å². The second-order valence-corrected chi connectivity index (χ2v) is 8.36. The van der Waals surface area contributed by atoms with Crippen LogP contribution in [0.1, 0.15) is 33.6 Å². The number of likely N-dealkylation sites (N-methyl/N-ethyl adjacent to an activating group) is 1. The van der Waals surface area contributed by atoms with E-state index in [-0.39, 0.29) is 35.6 Å². The van der Waals surface area contributed by atoms with Crippen LogP contribution in [0.25, 0.3) is 0 Å². The first-order valence-electron chi connectivity index (χ1n) is 9.41. The Morgan fingerprint density at radius 1 is 1.15 bits per heavy atom. The number of halogens is 1. The fraction of sp³-hybridized carbons (Fsp3) is 0.889. The lowest BCUT2D eigenvalue weighted by molar-refractivity contribution is -0.00266. The van der Waals surface area contributed by atoms with Gasteiger partial charge in [-0.3, -0.25) is 4.99 Å². The fourth-order valence-corrected chi connectivity index (χ4v) is 3.27. The third-order valence-corrected chi connectivity index (χ3v) is 5.16. The largest absolute Gasteiger partial charge is 0.444 e. The summed E-state index contributed by atoms with van der Waals surface area (Å²) in [6.45, 7) is 10.4. The number of nitrogens with two attached hydrogens (primary N) is 1. The third-order valence-electron chi connectivity index (χ3n) is 5.16. The van der Waals surface area contributed by atoms with Gasteiger partial charge in [0.2, 0.25) is 0 Å². The van der Waals surface area contributed by atoms with Crippen molar-refractivity contribution in [3.05, 3.63) is 0 Å². The van der Waals surface area contributed by atoms with Crippen LogP contribution in [0, 0.1) is 0 Å². The Labute approximate surface area is 180 Å². The molecule has 2 fully saturated rings. The molecule has 0 radical (unpaired) electrons. The van der Waals surface area contributed by atoms with Gasteiger partial charge in [0.25, 0.3) is 0 Å². The molecular formula is C18H36IN5O3. The Balaban J connectivity index is 0.00000364. The lowest BCUT2D eigenvalue weighted by Crippen LogP contribution is -2.54. The van der Waals surface area contributed by atoms with E-state index in [0.29, 0.717) is 38.7 Å². The molecule has 0 aromatic heterocycles. The molecule has 0 aromatic carbocycles. The van der Waals surface area contributed by atoms with E-state index in [1.165, 1.54) is 0 Å². The van der Waals surface area contributed by atoms with Crippen LogP contribution in [-0.2, 0) is 9.47 Å². The Hall–Kier alpha value is -0.810. The summed E-state index contributed by atoms with van der Waals surface area (Å²) in [7, 11) is 4.19. The highest BCUT2D eigenvalue weighted by Gasteiger charge is 2.35. The number of carbonyl (C=O) groups excluding carboxylic acids is 1. The summed E-state index contributed by atoms with van der Waals surface area (Å²) in [5.74, 6) is 0.557. The van der Waals surface area contributed by atoms with E-state index in [9.17, 15) is 4.79 Å². The van der Waals surface area contributed by atoms with E-state index in [1.807, 2.05) is 25.7 Å². The number of hydrogen-bond acceptors (Lipinski definition) is 5. The zero-order valence-corrected chi connectivity index (χ0v) is 19.7. The van der Waals surface area contributed by atoms with Gasteiger partial charge in [-0.1, -0.05) is 0 Å². The molecule has 1 amide bonds. The van der Waals surface area contributed by atoms with Gasteiger partial charge in [0.1, 0.15) is 5.60 Å². The van der Waals surface area contributed by atoms with Gasteiger partial charge in [-0.05, 0) is 47.7 Å². The van der Waals surface area contributed by atoms with Crippen molar-refractivity contribution in [2.24, 2.45) is 10.7 Å². The predicted molar refractivity (Wildman–Crippen MR) is 118 cm³/mol. The molecule has 2 saturated heterocycles. The summed E-state index contributed by atoms with van der Waals surface area (Å²) in [5, 5.41) is 0. The van der Waals surface area contributed by atoms with Crippen molar-refractivity contribution in [1.82, 2.24) is 14.7 Å². The SMILES string of the molecule is CN(C)C1(CN=C(N)N2CCN(C(=O)OC(C)(C)C)CC2)CCOCC1.I. The lowest BCUT2D eigenvalue weighted by Gasteiger charge is -2.42. The Bertz CT molecular complexity index is 508. The van der Waals surface area contributed by atoms with Gasteiger partial charge < -0.3 is 29.9 Å². The molecule has 158 valence electrons. The minimum Gasteiger partial charge on any atom is -0.444 e. The van der Waals surface area contributed by atoms with Crippen molar-refractivity contribution in [2.45, 2.75) is 44.8 Å². The predicted octanol–water partition coefficient (Wildman–Crippen LogP) is 1.58. The van der Waals surface area contributed by atoms with Gasteiger partial charge in [-0.15, -0.1) is 24.0 Å². The quantitative estimate of drug-likeness (QED) is 0.362. The smallest absolute Gasteiger partial charge is 0.410 e. The van der Waals surface area contributed by atoms with Gasteiger partial charge >= 0.3 is 6.09 Å². The first kappa shape index (κ1) is 24.2.